The number of nitrogens with one attached hydrogen (secondary N) is 1. The standard InChI is InChI=1S/C20H30NO8P/c1-7-12-28-18-15(16(22)14-30(24,25-5)26-6)9-8-10-17(18)27-13-11-21-19(23)29-20(2,3)4/h7-10H,1,11-14H2,2-6H3,(H,21,23). The van der Waals surface area contributed by atoms with E-state index >= 15 is 0 Å². The van der Waals surface area contributed by atoms with Gasteiger partial charge in [-0.3, -0.25) is 9.36 Å². The van der Waals surface area contributed by atoms with Crippen LogP contribution in [0.15, 0.2) is 30.9 Å². The van der Waals surface area contributed by atoms with Crippen LogP contribution in [0, 0.1) is 0 Å². The Morgan fingerprint density at radius 2 is 1.83 bits per heavy atom. The van der Waals surface area contributed by atoms with Gasteiger partial charge in [-0.05, 0) is 32.9 Å². The molecule has 0 aliphatic heterocycles. The van der Waals surface area contributed by atoms with Crippen molar-refractivity contribution in [1.82, 2.24) is 5.32 Å². The molecule has 0 spiro atoms. The number of carbonyl (C=O) groups is 2. The van der Waals surface area contributed by atoms with Gasteiger partial charge in [-0.2, -0.15) is 0 Å². The van der Waals surface area contributed by atoms with Gasteiger partial charge in [-0.1, -0.05) is 18.7 Å². The van der Waals surface area contributed by atoms with Crippen molar-refractivity contribution in [2.45, 2.75) is 26.4 Å². The molecule has 0 heterocycles. The molecule has 0 radical (unpaired) electrons. The molecule has 0 saturated carbocycles. The van der Waals surface area contributed by atoms with Crippen LogP contribution < -0.4 is 14.8 Å². The second-order valence-corrected chi connectivity index (χ2v) is 9.34. The summed E-state index contributed by atoms with van der Waals surface area (Å²) in [5.74, 6) is -0.0183. The minimum atomic E-state index is -3.55. The largest absolute Gasteiger partial charge is 0.488 e. The molecule has 0 unspecified atom stereocenters. The zero-order chi connectivity index (χ0) is 22.8. The molecule has 10 heteroatoms. The maximum atomic E-state index is 12.7. The number of carbonyl (C=O) groups excluding carboxylic acids is 2. The van der Waals surface area contributed by atoms with Gasteiger partial charge in [0.05, 0.1) is 12.1 Å². The van der Waals surface area contributed by atoms with E-state index in [2.05, 4.69) is 11.9 Å². The number of hydrogen-bond acceptors (Lipinski definition) is 8. The molecule has 0 fully saturated rings. The van der Waals surface area contributed by atoms with E-state index in [9.17, 15) is 14.2 Å². The van der Waals surface area contributed by atoms with Crippen molar-refractivity contribution in [2.75, 3.05) is 40.1 Å². The minimum Gasteiger partial charge on any atom is -0.488 e. The van der Waals surface area contributed by atoms with Crippen molar-refractivity contribution in [3.8, 4) is 11.5 Å². The molecule has 0 aromatic heterocycles. The van der Waals surface area contributed by atoms with E-state index in [4.69, 9.17) is 23.3 Å². The van der Waals surface area contributed by atoms with Gasteiger partial charge in [0.2, 0.25) is 0 Å². The number of alkyl carbamates (subject to hydrolysis) is 1. The monoisotopic (exact) mass is 443 g/mol. The third kappa shape index (κ3) is 8.57. The highest BCUT2D eigenvalue weighted by molar-refractivity contribution is 7.54. The van der Waals surface area contributed by atoms with Gasteiger partial charge in [0, 0.05) is 14.2 Å². The van der Waals surface area contributed by atoms with Gasteiger partial charge < -0.3 is 28.6 Å². The molecule has 9 nitrogen and oxygen atoms in total. The Bertz CT molecular complexity index is 780. The van der Waals surface area contributed by atoms with Crippen LogP contribution >= 0.6 is 7.60 Å². The number of amides is 1. The molecule has 1 rings (SSSR count). The Balaban J connectivity index is 2.90. The first-order valence-electron chi connectivity index (χ1n) is 9.25. The molecule has 0 bridgehead atoms. The van der Waals surface area contributed by atoms with Gasteiger partial charge in [0.15, 0.2) is 17.3 Å². The second-order valence-electron chi connectivity index (χ2n) is 7.07. The lowest BCUT2D eigenvalue weighted by molar-refractivity contribution is 0.0520. The maximum Gasteiger partial charge on any atom is 0.407 e. The Labute approximate surface area is 177 Å². The first kappa shape index (κ1) is 25.7. The minimum absolute atomic E-state index is 0.107. The van der Waals surface area contributed by atoms with Gasteiger partial charge in [-0.15, -0.1) is 0 Å². The average Bonchev–Trinajstić information content (AvgIpc) is 2.68. The van der Waals surface area contributed by atoms with Crippen LogP contribution in [-0.4, -0.2) is 57.6 Å². The molecule has 0 aliphatic rings. The summed E-state index contributed by atoms with van der Waals surface area (Å²) in [5.41, 5.74) is -0.432. The zero-order valence-electron chi connectivity index (χ0n) is 18.1. The number of ether oxygens (including phenoxy) is 3. The molecule has 1 aromatic rings. The van der Waals surface area contributed by atoms with Crippen LogP contribution in [0.4, 0.5) is 4.79 Å². The van der Waals surface area contributed by atoms with Crippen LogP contribution in [0.25, 0.3) is 0 Å². The van der Waals surface area contributed by atoms with Crippen LogP contribution in [0.3, 0.4) is 0 Å². The number of Topliss-reactive ketones (excluding diaryl/α,β-unsaturated/α-hetero) is 1. The van der Waals surface area contributed by atoms with Crippen LogP contribution in [-0.2, 0) is 18.3 Å². The number of rotatable bonds is 12. The van der Waals surface area contributed by atoms with E-state index < -0.39 is 31.2 Å². The summed E-state index contributed by atoms with van der Waals surface area (Å²) in [6.07, 6.45) is 0.506. The van der Waals surface area contributed by atoms with Crippen molar-refractivity contribution >= 4 is 19.5 Å². The SMILES string of the molecule is C=CCOc1c(OCCNC(=O)OC(C)(C)C)cccc1C(=O)CP(=O)(OC)OC. The Morgan fingerprint density at radius 3 is 2.40 bits per heavy atom. The predicted octanol–water partition coefficient (Wildman–Crippen LogP) is 3.82. The van der Waals surface area contributed by atoms with Gasteiger partial charge >= 0.3 is 13.7 Å². The van der Waals surface area contributed by atoms with Crippen molar-refractivity contribution < 1.29 is 37.4 Å². The van der Waals surface area contributed by atoms with E-state index in [-0.39, 0.29) is 31.1 Å². The number of ketones is 1. The maximum absolute atomic E-state index is 12.7. The normalized spacial score (nSPS) is 11.5. The number of para-hydroxylation sites is 1. The van der Waals surface area contributed by atoms with Gasteiger partial charge in [-0.25, -0.2) is 4.79 Å². The first-order chi connectivity index (χ1) is 14.0. The molecule has 1 aromatic carbocycles. The van der Waals surface area contributed by atoms with E-state index in [1.165, 1.54) is 26.4 Å². The summed E-state index contributed by atoms with van der Waals surface area (Å²) in [7, 11) is -1.12. The summed E-state index contributed by atoms with van der Waals surface area (Å²) in [4.78, 5) is 24.4. The summed E-state index contributed by atoms with van der Waals surface area (Å²) in [5, 5.41) is 2.58. The van der Waals surface area contributed by atoms with Crippen molar-refractivity contribution in [3.05, 3.63) is 36.4 Å². The topological polar surface area (TPSA) is 109 Å². The lowest BCUT2D eigenvalue weighted by Gasteiger charge is -2.20. The molecule has 1 amide bonds. The predicted molar refractivity (Wildman–Crippen MR) is 113 cm³/mol. The third-order valence-electron chi connectivity index (χ3n) is 3.55. The molecule has 0 atom stereocenters. The van der Waals surface area contributed by atoms with E-state index in [1.54, 1.807) is 32.9 Å². The number of hydrogen-bond donors (Lipinski definition) is 1. The number of benzene rings is 1. The summed E-state index contributed by atoms with van der Waals surface area (Å²) < 4.78 is 38.4. The molecule has 168 valence electrons. The molecule has 30 heavy (non-hydrogen) atoms. The van der Waals surface area contributed by atoms with E-state index in [0.717, 1.165) is 0 Å². The fourth-order valence-electron chi connectivity index (χ4n) is 2.23. The van der Waals surface area contributed by atoms with Crippen LogP contribution in [0.2, 0.25) is 0 Å². The summed E-state index contributed by atoms with van der Waals surface area (Å²) >= 11 is 0. The third-order valence-corrected chi connectivity index (χ3v) is 5.33. The van der Waals surface area contributed by atoms with Crippen molar-refractivity contribution in [1.29, 1.82) is 0 Å². The Morgan fingerprint density at radius 1 is 1.17 bits per heavy atom. The highest BCUT2D eigenvalue weighted by Crippen LogP contribution is 2.47. The van der Waals surface area contributed by atoms with Crippen LogP contribution in [0.1, 0.15) is 31.1 Å². The second kappa shape index (κ2) is 11.7. The van der Waals surface area contributed by atoms with Crippen LogP contribution in [0.5, 0.6) is 11.5 Å². The Hall–Kier alpha value is -2.35. The molecule has 1 N–H and O–H groups in total. The smallest absolute Gasteiger partial charge is 0.407 e. The van der Waals surface area contributed by atoms with Crippen molar-refractivity contribution in [3.63, 3.8) is 0 Å². The molecular formula is C20H30NO8P. The van der Waals surface area contributed by atoms with Gasteiger partial charge in [0.25, 0.3) is 0 Å². The quantitative estimate of drug-likeness (QED) is 0.225. The molecular weight excluding hydrogens is 413 g/mol. The zero-order valence-corrected chi connectivity index (χ0v) is 19.0. The summed E-state index contributed by atoms with van der Waals surface area (Å²) in [6, 6.07) is 4.76. The first-order valence-corrected chi connectivity index (χ1v) is 11.0. The lowest BCUT2D eigenvalue weighted by atomic mass is 10.1. The Kier molecular flexibility index (Phi) is 10.0. The van der Waals surface area contributed by atoms with Gasteiger partial charge in [0.1, 0.15) is 25.0 Å². The van der Waals surface area contributed by atoms with E-state index in [0.29, 0.717) is 5.75 Å². The highest BCUT2D eigenvalue weighted by atomic mass is 31.2. The lowest BCUT2D eigenvalue weighted by Crippen LogP contribution is -2.34. The molecule has 0 aliphatic carbocycles. The molecule has 0 saturated heterocycles. The highest BCUT2D eigenvalue weighted by Gasteiger charge is 2.29. The fraction of sp³-hybridized carbons (Fsp3) is 0.500. The van der Waals surface area contributed by atoms with Crippen molar-refractivity contribution in [2.24, 2.45) is 0 Å². The average molecular weight is 443 g/mol. The fourth-order valence-corrected chi connectivity index (χ4v) is 3.16. The summed E-state index contributed by atoms with van der Waals surface area (Å²) in [6.45, 7) is 9.30. The van der Waals surface area contributed by atoms with E-state index in [1.807, 2.05) is 0 Å².